The van der Waals surface area contributed by atoms with Crippen LogP contribution in [0.5, 0.6) is 5.75 Å². The molecule has 3 heteroatoms. The molecular weight excluding hydrogens is 314 g/mol. The van der Waals surface area contributed by atoms with Crippen LogP contribution in [-0.4, -0.2) is 7.11 Å². The number of rotatable bonds is 4. The molecule has 1 N–H and O–H groups in total. The van der Waals surface area contributed by atoms with Gasteiger partial charge in [0.2, 0.25) is 0 Å². The van der Waals surface area contributed by atoms with E-state index in [4.69, 9.17) is 4.74 Å². The zero-order chi connectivity index (χ0) is 14.7. The van der Waals surface area contributed by atoms with Gasteiger partial charge in [-0.3, -0.25) is 0 Å². The van der Waals surface area contributed by atoms with Crippen LogP contribution >= 0.6 is 15.9 Å². The van der Waals surface area contributed by atoms with Gasteiger partial charge in [0.1, 0.15) is 5.75 Å². The molecule has 0 fully saturated rings. The van der Waals surface area contributed by atoms with Crippen molar-refractivity contribution in [1.82, 2.24) is 0 Å². The van der Waals surface area contributed by atoms with E-state index in [1.165, 1.54) is 22.3 Å². The second-order valence-electron chi connectivity index (χ2n) is 5.08. The molecule has 0 unspecified atom stereocenters. The number of benzene rings is 2. The molecule has 106 valence electrons. The first-order valence-electron chi connectivity index (χ1n) is 6.65. The summed E-state index contributed by atoms with van der Waals surface area (Å²) in [5.74, 6) is 0.857. The number of aryl methyl sites for hydroxylation is 3. The van der Waals surface area contributed by atoms with E-state index in [-0.39, 0.29) is 0 Å². The fourth-order valence-corrected chi connectivity index (χ4v) is 2.85. The summed E-state index contributed by atoms with van der Waals surface area (Å²) in [6, 6.07) is 10.4. The maximum atomic E-state index is 5.39. The first-order valence-corrected chi connectivity index (χ1v) is 7.44. The Morgan fingerprint density at radius 1 is 1.05 bits per heavy atom. The Labute approximate surface area is 129 Å². The summed E-state index contributed by atoms with van der Waals surface area (Å²) in [4.78, 5) is 0. The predicted molar refractivity (Wildman–Crippen MR) is 88.7 cm³/mol. The number of anilines is 1. The normalized spacial score (nSPS) is 10.4. The van der Waals surface area contributed by atoms with Crippen LogP contribution < -0.4 is 10.1 Å². The van der Waals surface area contributed by atoms with Gasteiger partial charge in [0.25, 0.3) is 0 Å². The maximum Gasteiger partial charge on any atom is 0.142 e. The van der Waals surface area contributed by atoms with Crippen LogP contribution in [0.3, 0.4) is 0 Å². The molecule has 2 rings (SSSR count). The highest BCUT2D eigenvalue weighted by atomic mass is 79.9. The minimum absolute atomic E-state index is 0.796. The van der Waals surface area contributed by atoms with E-state index in [2.05, 4.69) is 54.2 Å². The van der Waals surface area contributed by atoms with Crippen molar-refractivity contribution in [3.8, 4) is 5.75 Å². The SMILES string of the molecule is COc1ccc(Br)cc1NCc1c(C)cc(C)cc1C. The summed E-state index contributed by atoms with van der Waals surface area (Å²) in [6.45, 7) is 7.25. The fourth-order valence-electron chi connectivity index (χ4n) is 2.49. The summed E-state index contributed by atoms with van der Waals surface area (Å²) >= 11 is 3.49. The molecule has 20 heavy (non-hydrogen) atoms. The minimum atomic E-state index is 0.796. The molecule has 0 saturated carbocycles. The lowest BCUT2D eigenvalue weighted by Crippen LogP contribution is -2.05. The van der Waals surface area contributed by atoms with Crippen molar-refractivity contribution < 1.29 is 4.74 Å². The Kier molecular flexibility index (Phi) is 4.71. The van der Waals surface area contributed by atoms with Crippen LogP contribution in [0.2, 0.25) is 0 Å². The first-order chi connectivity index (χ1) is 9.51. The molecule has 0 amide bonds. The van der Waals surface area contributed by atoms with Gasteiger partial charge in [0.05, 0.1) is 12.8 Å². The summed E-state index contributed by atoms with van der Waals surface area (Å²) in [7, 11) is 1.69. The van der Waals surface area contributed by atoms with Crippen LogP contribution in [0, 0.1) is 20.8 Å². The summed E-state index contributed by atoms with van der Waals surface area (Å²) in [5, 5.41) is 3.47. The largest absolute Gasteiger partial charge is 0.495 e. The van der Waals surface area contributed by atoms with Crippen molar-refractivity contribution in [3.05, 3.63) is 57.1 Å². The highest BCUT2D eigenvalue weighted by Crippen LogP contribution is 2.29. The average Bonchev–Trinajstić information content (AvgIpc) is 2.37. The third-order valence-corrected chi connectivity index (χ3v) is 3.95. The van der Waals surface area contributed by atoms with Crippen molar-refractivity contribution in [2.24, 2.45) is 0 Å². The number of nitrogens with one attached hydrogen (secondary N) is 1. The molecule has 0 aliphatic carbocycles. The highest BCUT2D eigenvalue weighted by molar-refractivity contribution is 9.10. The van der Waals surface area contributed by atoms with Crippen molar-refractivity contribution in [1.29, 1.82) is 0 Å². The maximum absolute atomic E-state index is 5.39. The molecule has 0 aliphatic heterocycles. The second kappa shape index (κ2) is 6.31. The third-order valence-electron chi connectivity index (χ3n) is 3.46. The molecule has 0 spiro atoms. The number of halogens is 1. The molecule has 0 heterocycles. The molecule has 0 bridgehead atoms. The van der Waals surface area contributed by atoms with Gasteiger partial charge in [0.15, 0.2) is 0 Å². The molecule has 2 nitrogen and oxygen atoms in total. The van der Waals surface area contributed by atoms with Gasteiger partial charge in [-0.15, -0.1) is 0 Å². The van der Waals surface area contributed by atoms with Crippen LogP contribution in [0.4, 0.5) is 5.69 Å². The standard InChI is InChI=1S/C17H20BrNO/c1-11-7-12(2)15(13(3)8-11)10-19-16-9-14(18)5-6-17(16)20-4/h5-9,19H,10H2,1-4H3. The van der Waals surface area contributed by atoms with Crippen molar-refractivity contribution in [3.63, 3.8) is 0 Å². The average molecular weight is 334 g/mol. The van der Waals surface area contributed by atoms with Gasteiger partial charge in [0, 0.05) is 11.0 Å². The molecule has 0 aromatic heterocycles. The van der Waals surface area contributed by atoms with E-state index in [0.29, 0.717) is 0 Å². The van der Waals surface area contributed by atoms with E-state index in [0.717, 1.165) is 22.5 Å². The zero-order valence-corrected chi connectivity index (χ0v) is 14.0. The van der Waals surface area contributed by atoms with Gasteiger partial charge in [-0.05, 0) is 55.7 Å². The molecular formula is C17H20BrNO. The Morgan fingerprint density at radius 3 is 2.30 bits per heavy atom. The fraction of sp³-hybridized carbons (Fsp3) is 0.294. The Hall–Kier alpha value is -1.48. The molecule has 0 aliphatic rings. The molecule has 0 saturated heterocycles. The quantitative estimate of drug-likeness (QED) is 0.850. The van der Waals surface area contributed by atoms with Gasteiger partial charge < -0.3 is 10.1 Å². The lowest BCUT2D eigenvalue weighted by molar-refractivity contribution is 0.416. The Morgan fingerprint density at radius 2 is 1.70 bits per heavy atom. The molecule has 2 aromatic carbocycles. The van der Waals surface area contributed by atoms with Crippen LogP contribution in [0.1, 0.15) is 22.3 Å². The summed E-state index contributed by atoms with van der Waals surface area (Å²) in [6.07, 6.45) is 0. The van der Waals surface area contributed by atoms with Gasteiger partial charge in [-0.2, -0.15) is 0 Å². The first kappa shape index (κ1) is 14.9. The van der Waals surface area contributed by atoms with Crippen LogP contribution in [-0.2, 0) is 6.54 Å². The molecule has 0 radical (unpaired) electrons. The Balaban J connectivity index is 2.23. The number of ether oxygens (including phenoxy) is 1. The monoisotopic (exact) mass is 333 g/mol. The second-order valence-corrected chi connectivity index (χ2v) is 5.99. The number of methoxy groups -OCH3 is 1. The third kappa shape index (κ3) is 3.34. The lowest BCUT2D eigenvalue weighted by atomic mass is 10.00. The minimum Gasteiger partial charge on any atom is -0.495 e. The number of hydrogen-bond acceptors (Lipinski definition) is 2. The van der Waals surface area contributed by atoms with E-state index in [1.54, 1.807) is 7.11 Å². The van der Waals surface area contributed by atoms with Gasteiger partial charge in [-0.1, -0.05) is 33.6 Å². The topological polar surface area (TPSA) is 21.3 Å². The highest BCUT2D eigenvalue weighted by Gasteiger charge is 2.07. The van der Waals surface area contributed by atoms with E-state index >= 15 is 0 Å². The molecule has 0 atom stereocenters. The van der Waals surface area contributed by atoms with Crippen LogP contribution in [0.15, 0.2) is 34.8 Å². The van der Waals surface area contributed by atoms with E-state index in [9.17, 15) is 0 Å². The van der Waals surface area contributed by atoms with E-state index in [1.807, 2.05) is 18.2 Å². The number of hydrogen-bond donors (Lipinski definition) is 1. The zero-order valence-electron chi connectivity index (χ0n) is 12.4. The van der Waals surface area contributed by atoms with Gasteiger partial charge >= 0.3 is 0 Å². The van der Waals surface area contributed by atoms with E-state index < -0.39 is 0 Å². The summed E-state index contributed by atoms with van der Waals surface area (Å²) < 4.78 is 6.42. The Bertz CT molecular complexity index is 599. The van der Waals surface area contributed by atoms with Crippen molar-refractivity contribution in [2.45, 2.75) is 27.3 Å². The lowest BCUT2D eigenvalue weighted by Gasteiger charge is -2.15. The van der Waals surface area contributed by atoms with Crippen molar-refractivity contribution >= 4 is 21.6 Å². The summed E-state index contributed by atoms with van der Waals surface area (Å²) in [5.41, 5.74) is 6.30. The smallest absolute Gasteiger partial charge is 0.142 e. The van der Waals surface area contributed by atoms with Gasteiger partial charge in [-0.25, -0.2) is 0 Å². The molecule has 2 aromatic rings. The van der Waals surface area contributed by atoms with Crippen LogP contribution in [0.25, 0.3) is 0 Å². The predicted octanol–water partition coefficient (Wildman–Crippen LogP) is 5.00. The van der Waals surface area contributed by atoms with Crippen molar-refractivity contribution in [2.75, 3.05) is 12.4 Å².